The first-order chi connectivity index (χ1) is 4.30. The molecule has 1 aliphatic carbocycles. The van der Waals surface area contributed by atoms with Crippen molar-refractivity contribution >= 4 is 0 Å². The topological polar surface area (TPSA) is 18.5 Å². The van der Waals surface area contributed by atoms with Crippen LogP contribution in [-0.4, -0.2) is 19.0 Å². The molecular weight excluding hydrogens is 116 g/mol. The Labute approximate surface area is 55.1 Å². The maximum atomic E-state index is 5.31. The summed E-state index contributed by atoms with van der Waals surface area (Å²) < 4.78 is 10.6. The molecule has 0 amide bonds. The zero-order valence-corrected chi connectivity index (χ0v) is 5.83. The van der Waals surface area contributed by atoms with Gasteiger partial charge >= 0.3 is 0 Å². The molecule has 1 saturated heterocycles. The van der Waals surface area contributed by atoms with Gasteiger partial charge in [0, 0.05) is 0 Å². The van der Waals surface area contributed by atoms with Crippen LogP contribution in [-0.2, 0) is 9.47 Å². The van der Waals surface area contributed by atoms with Gasteiger partial charge in [0.25, 0.3) is 0 Å². The third-order valence-electron chi connectivity index (χ3n) is 2.71. The van der Waals surface area contributed by atoms with Gasteiger partial charge in [0.2, 0.25) is 0 Å². The SMILES string of the molecule is CC1C(C)C2OCOC12. The second kappa shape index (κ2) is 1.70. The highest BCUT2D eigenvalue weighted by molar-refractivity contribution is 4.96. The monoisotopic (exact) mass is 128 g/mol. The Morgan fingerprint density at radius 1 is 1.00 bits per heavy atom. The third-order valence-corrected chi connectivity index (χ3v) is 2.71. The molecular formula is C7H12O2. The minimum atomic E-state index is 0.417. The number of hydrogen-bond donors (Lipinski definition) is 0. The van der Waals surface area contributed by atoms with Crippen LogP contribution in [0, 0.1) is 11.8 Å². The summed E-state index contributed by atoms with van der Waals surface area (Å²) in [6.07, 6.45) is 0.833. The number of fused-ring (bicyclic) bond motifs is 1. The molecule has 0 N–H and O–H groups in total. The van der Waals surface area contributed by atoms with Gasteiger partial charge in [0.15, 0.2) is 0 Å². The molecule has 1 saturated carbocycles. The molecule has 1 aliphatic heterocycles. The molecule has 0 bridgehead atoms. The van der Waals surface area contributed by atoms with Crippen molar-refractivity contribution in [2.24, 2.45) is 11.8 Å². The highest BCUT2D eigenvalue weighted by atomic mass is 16.7. The fourth-order valence-electron chi connectivity index (χ4n) is 1.74. The van der Waals surface area contributed by atoms with Crippen molar-refractivity contribution < 1.29 is 9.47 Å². The van der Waals surface area contributed by atoms with Gasteiger partial charge in [-0.05, 0) is 11.8 Å². The van der Waals surface area contributed by atoms with Crippen LogP contribution >= 0.6 is 0 Å². The average Bonchev–Trinajstić information content (AvgIpc) is 2.30. The lowest BCUT2D eigenvalue weighted by Crippen LogP contribution is -2.50. The van der Waals surface area contributed by atoms with Gasteiger partial charge in [-0.2, -0.15) is 0 Å². The number of ether oxygens (including phenoxy) is 2. The van der Waals surface area contributed by atoms with E-state index < -0.39 is 0 Å². The summed E-state index contributed by atoms with van der Waals surface area (Å²) in [5.74, 6) is 1.41. The fourth-order valence-corrected chi connectivity index (χ4v) is 1.74. The summed E-state index contributed by atoms with van der Waals surface area (Å²) in [6.45, 7) is 4.96. The van der Waals surface area contributed by atoms with Crippen LogP contribution < -0.4 is 0 Å². The summed E-state index contributed by atoms with van der Waals surface area (Å²) in [6, 6.07) is 0. The van der Waals surface area contributed by atoms with Crippen molar-refractivity contribution in [1.29, 1.82) is 0 Å². The molecule has 2 fully saturated rings. The van der Waals surface area contributed by atoms with E-state index in [1.54, 1.807) is 0 Å². The lowest BCUT2D eigenvalue weighted by Gasteiger charge is -2.41. The van der Waals surface area contributed by atoms with Crippen molar-refractivity contribution in [3.05, 3.63) is 0 Å². The summed E-state index contributed by atoms with van der Waals surface area (Å²) in [4.78, 5) is 0. The van der Waals surface area contributed by atoms with Crippen molar-refractivity contribution in [1.82, 2.24) is 0 Å². The highest BCUT2D eigenvalue weighted by Gasteiger charge is 2.50. The van der Waals surface area contributed by atoms with E-state index in [-0.39, 0.29) is 0 Å². The van der Waals surface area contributed by atoms with Crippen LogP contribution in [0.2, 0.25) is 0 Å². The average molecular weight is 128 g/mol. The Hall–Kier alpha value is -0.0800. The first kappa shape index (κ1) is 5.69. The molecule has 0 aromatic rings. The molecule has 52 valence electrons. The molecule has 0 spiro atoms. The van der Waals surface area contributed by atoms with E-state index in [1.165, 1.54) is 0 Å². The molecule has 2 heteroatoms. The van der Waals surface area contributed by atoms with Gasteiger partial charge in [-0.3, -0.25) is 0 Å². The van der Waals surface area contributed by atoms with Crippen molar-refractivity contribution in [3.8, 4) is 0 Å². The molecule has 9 heavy (non-hydrogen) atoms. The van der Waals surface area contributed by atoms with Gasteiger partial charge in [0.1, 0.15) is 6.79 Å². The first-order valence-electron chi connectivity index (χ1n) is 3.54. The minimum Gasteiger partial charge on any atom is -0.349 e. The molecule has 2 aliphatic rings. The third kappa shape index (κ3) is 0.578. The predicted molar refractivity (Wildman–Crippen MR) is 32.9 cm³/mol. The van der Waals surface area contributed by atoms with E-state index in [1.807, 2.05) is 0 Å². The minimum absolute atomic E-state index is 0.417. The van der Waals surface area contributed by atoms with Crippen LogP contribution in [0.15, 0.2) is 0 Å². The lowest BCUT2D eigenvalue weighted by molar-refractivity contribution is -0.0548. The van der Waals surface area contributed by atoms with Crippen LogP contribution in [0.1, 0.15) is 13.8 Å². The standard InChI is InChI=1S/C7H12O2/c1-4-5(2)7-6(4)8-3-9-7/h4-7H,3H2,1-2H3. The van der Waals surface area contributed by atoms with Crippen LogP contribution in [0.25, 0.3) is 0 Å². The summed E-state index contributed by atoms with van der Waals surface area (Å²) in [7, 11) is 0. The van der Waals surface area contributed by atoms with E-state index in [9.17, 15) is 0 Å². The Balaban J connectivity index is 2.06. The largest absolute Gasteiger partial charge is 0.349 e. The zero-order chi connectivity index (χ0) is 6.43. The van der Waals surface area contributed by atoms with E-state index in [0.29, 0.717) is 30.8 Å². The molecule has 0 radical (unpaired) electrons. The second-order valence-electron chi connectivity index (χ2n) is 3.10. The summed E-state index contributed by atoms with van der Waals surface area (Å²) >= 11 is 0. The van der Waals surface area contributed by atoms with Gasteiger partial charge < -0.3 is 9.47 Å². The molecule has 0 aromatic carbocycles. The predicted octanol–water partition coefficient (Wildman–Crippen LogP) is 1.01. The highest BCUT2D eigenvalue weighted by Crippen LogP contribution is 2.41. The van der Waals surface area contributed by atoms with Crippen LogP contribution in [0.5, 0.6) is 0 Å². The number of hydrogen-bond acceptors (Lipinski definition) is 2. The van der Waals surface area contributed by atoms with Crippen LogP contribution in [0.3, 0.4) is 0 Å². The first-order valence-corrected chi connectivity index (χ1v) is 3.54. The molecule has 4 unspecified atom stereocenters. The van der Waals surface area contributed by atoms with Gasteiger partial charge in [-0.15, -0.1) is 0 Å². The maximum absolute atomic E-state index is 5.31. The normalized spacial score (nSPS) is 56.7. The van der Waals surface area contributed by atoms with Gasteiger partial charge in [-0.1, -0.05) is 13.8 Å². The maximum Gasteiger partial charge on any atom is 0.147 e. The van der Waals surface area contributed by atoms with E-state index in [2.05, 4.69) is 13.8 Å². The second-order valence-corrected chi connectivity index (χ2v) is 3.10. The molecule has 2 rings (SSSR count). The molecule has 0 aromatic heterocycles. The van der Waals surface area contributed by atoms with Crippen molar-refractivity contribution in [2.45, 2.75) is 26.1 Å². The fraction of sp³-hybridized carbons (Fsp3) is 1.00. The van der Waals surface area contributed by atoms with E-state index >= 15 is 0 Å². The molecule has 2 nitrogen and oxygen atoms in total. The summed E-state index contributed by atoms with van der Waals surface area (Å²) in [5.41, 5.74) is 0. The zero-order valence-electron chi connectivity index (χ0n) is 5.83. The van der Waals surface area contributed by atoms with E-state index in [0.717, 1.165) is 0 Å². The molecule has 4 atom stereocenters. The van der Waals surface area contributed by atoms with Crippen molar-refractivity contribution in [3.63, 3.8) is 0 Å². The Morgan fingerprint density at radius 2 is 1.44 bits per heavy atom. The van der Waals surface area contributed by atoms with Gasteiger partial charge in [0.05, 0.1) is 12.2 Å². The Morgan fingerprint density at radius 3 is 1.89 bits per heavy atom. The summed E-state index contributed by atoms with van der Waals surface area (Å²) in [5, 5.41) is 0. The number of rotatable bonds is 0. The van der Waals surface area contributed by atoms with Gasteiger partial charge in [-0.25, -0.2) is 0 Å². The quantitative estimate of drug-likeness (QED) is 0.485. The lowest BCUT2D eigenvalue weighted by atomic mass is 9.71. The molecule has 1 heterocycles. The van der Waals surface area contributed by atoms with Crippen LogP contribution in [0.4, 0.5) is 0 Å². The van der Waals surface area contributed by atoms with Crippen molar-refractivity contribution in [2.75, 3.05) is 6.79 Å². The Kier molecular flexibility index (Phi) is 1.08. The Bertz CT molecular complexity index is 110. The smallest absolute Gasteiger partial charge is 0.147 e. The van der Waals surface area contributed by atoms with E-state index in [4.69, 9.17) is 9.47 Å².